The molecule has 0 N–H and O–H groups in total. The van der Waals surface area contributed by atoms with Gasteiger partial charge in [0.1, 0.15) is 0 Å². The van der Waals surface area contributed by atoms with Gasteiger partial charge in [-0.05, 0) is 25.7 Å². The summed E-state index contributed by atoms with van der Waals surface area (Å²) in [6.45, 7) is 0. The van der Waals surface area contributed by atoms with Crippen molar-refractivity contribution >= 4 is 11.6 Å². The van der Waals surface area contributed by atoms with Crippen molar-refractivity contribution in [1.29, 1.82) is 0 Å². The van der Waals surface area contributed by atoms with E-state index in [1.54, 1.807) is 0 Å². The van der Waals surface area contributed by atoms with Crippen LogP contribution in [-0.2, 0) is 4.74 Å². The van der Waals surface area contributed by atoms with Crippen molar-refractivity contribution in [1.82, 2.24) is 0 Å². The van der Waals surface area contributed by atoms with Gasteiger partial charge in [0.2, 0.25) is 0 Å². The molecule has 0 amide bonds. The Balaban J connectivity index is 2.32. The first-order valence-corrected chi connectivity index (χ1v) is 4.29. The smallest absolute Gasteiger partial charge is 0.289 e. The number of halogens is 4. The standard InChI is InChI=1S/C7H10ClF3O/c8-5-2-1-3-6(4-5)12-7(9,10)11/h5-6H,1-4H2. The SMILES string of the molecule is FC(F)(F)OC1CCCC(Cl)C1. The predicted octanol–water partition coefficient (Wildman–Crippen LogP) is 3.07. The van der Waals surface area contributed by atoms with Crippen LogP contribution in [0.2, 0.25) is 0 Å². The zero-order chi connectivity index (χ0) is 9.19. The summed E-state index contributed by atoms with van der Waals surface area (Å²) in [7, 11) is 0. The maximum atomic E-state index is 11.7. The summed E-state index contributed by atoms with van der Waals surface area (Å²) >= 11 is 5.69. The Morgan fingerprint density at radius 2 is 1.92 bits per heavy atom. The van der Waals surface area contributed by atoms with Gasteiger partial charge in [0, 0.05) is 5.38 Å². The van der Waals surface area contributed by atoms with Crippen molar-refractivity contribution in [2.45, 2.75) is 43.5 Å². The molecule has 2 unspecified atom stereocenters. The second-order valence-electron chi connectivity index (χ2n) is 2.95. The van der Waals surface area contributed by atoms with Crippen molar-refractivity contribution in [3.8, 4) is 0 Å². The maximum absolute atomic E-state index is 11.7. The third-order valence-electron chi connectivity index (χ3n) is 1.86. The van der Waals surface area contributed by atoms with E-state index in [2.05, 4.69) is 4.74 Å². The van der Waals surface area contributed by atoms with Crippen LogP contribution in [0.5, 0.6) is 0 Å². The van der Waals surface area contributed by atoms with E-state index < -0.39 is 12.5 Å². The summed E-state index contributed by atoms with van der Waals surface area (Å²) in [6.07, 6.45) is -2.97. The lowest BCUT2D eigenvalue weighted by atomic mass is 9.97. The Morgan fingerprint density at radius 1 is 1.25 bits per heavy atom. The molecule has 72 valence electrons. The zero-order valence-corrected chi connectivity index (χ0v) is 7.16. The number of ether oxygens (including phenoxy) is 1. The van der Waals surface area contributed by atoms with Gasteiger partial charge in [-0.1, -0.05) is 0 Å². The molecule has 2 atom stereocenters. The maximum Gasteiger partial charge on any atom is 0.522 e. The van der Waals surface area contributed by atoms with Gasteiger partial charge < -0.3 is 0 Å². The van der Waals surface area contributed by atoms with E-state index in [9.17, 15) is 13.2 Å². The van der Waals surface area contributed by atoms with E-state index in [4.69, 9.17) is 11.6 Å². The van der Waals surface area contributed by atoms with Crippen LogP contribution in [0.25, 0.3) is 0 Å². The molecule has 5 heteroatoms. The average molecular weight is 203 g/mol. The van der Waals surface area contributed by atoms with Crippen LogP contribution in [0.1, 0.15) is 25.7 Å². The van der Waals surface area contributed by atoms with Gasteiger partial charge in [-0.2, -0.15) is 0 Å². The average Bonchev–Trinajstić information content (AvgIpc) is 1.82. The van der Waals surface area contributed by atoms with E-state index in [0.717, 1.165) is 12.8 Å². The fraction of sp³-hybridized carbons (Fsp3) is 1.00. The van der Waals surface area contributed by atoms with Gasteiger partial charge in [-0.15, -0.1) is 24.8 Å². The molecule has 1 saturated carbocycles. The van der Waals surface area contributed by atoms with Crippen LogP contribution in [0.15, 0.2) is 0 Å². The molecule has 0 aromatic carbocycles. The summed E-state index contributed by atoms with van der Waals surface area (Å²) in [5.74, 6) is 0. The molecule has 1 aliphatic rings. The summed E-state index contributed by atoms with van der Waals surface area (Å²) in [5, 5.41) is -0.161. The molecule has 0 saturated heterocycles. The van der Waals surface area contributed by atoms with E-state index in [0.29, 0.717) is 12.8 Å². The summed E-state index contributed by atoms with van der Waals surface area (Å²) in [4.78, 5) is 0. The predicted molar refractivity (Wildman–Crippen MR) is 39.0 cm³/mol. The largest absolute Gasteiger partial charge is 0.522 e. The molecule has 1 aliphatic carbocycles. The molecular formula is C7H10ClF3O. The molecule has 12 heavy (non-hydrogen) atoms. The first kappa shape index (κ1) is 10.1. The van der Waals surface area contributed by atoms with E-state index in [-0.39, 0.29) is 5.38 Å². The summed E-state index contributed by atoms with van der Waals surface area (Å²) in [6, 6.07) is 0. The molecule has 0 aromatic rings. The minimum absolute atomic E-state index is 0.161. The van der Waals surface area contributed by atoms with Crippen LogP contribution in [-0.4, -0.2) is 17.8 Å². The quantitative estimate of drug-likeness (QED) is 0.594. The zero-order valence-electron chi connectivity index (χ0n) is 6.40. The normalized spacial score (nSPS) is 32.0. The van der Waals surface area contributed by atoms with Gasteiger partial charge >= 0.3 is 6.36 Å². The molecule has 0 spiro atoms. The highest BCUT2D eigenvalue weighted by Gasteiger charge is 2.35. The number of hydrogen-bond acceptors (Lipinski definition) is 1. The molecule has 1 nitrogen and oxygen atoms in total. The van der Waals surface area contributed by atoms with Gasteiger partial charge in [0.25, 0.3) is 0 Å². The lowest BCUT2D eigenvalue weighted by molar-refractivity contribution is -0.345. The first-order valence-electron chi connectivity index (χ1n) is 3.86. The van der Waals surface area contributed by atoms with Crippen molar-refractivity contribution in [2.75, 3.05) is 0 Å². The Labute approximate surface area is 73.8 Å². The third-order valence-corrected chi connectivity index (χ3v) is 2.26. The van der Waals surface area contributed by atoms with Gasteiger partial charge in [0.15, 0.2) is 0 Å². The molecule has 1 fully saturated rings. The van der Waals surface area contributed by atoms with Crippen LogP contribution >= 0.6 is 11.6 Å². The summed E-state index contributed by atoms with van der Waals surface area (Å²) in [5.41, 5.74) is 0. The first-order chi connectivity index (χ1) is 5.47. The highest BCUT2D eigenvalue weighted by molar-refractivity contribution is 6.20. The lowest BCUT2D eigenvalue weighted by Gasteiger charge is -2.25. The Hall–Kier alpha value is 0.0400. The second kappa shape index (κ2) is 3.83. The Bertz CT molecular complexity index is 148. The third kappa shape index (κ3) is 3.63. The monoisotopic (exact) mass is 202 g/mol. The summed E-state index contributed by atoms with van der Waals surface area (Å²) < 4.78 is 39.0. The van der Waals surface area contributed by atoms with Crippen LogP contribution < -0.4 is 0 Å². The number of rotatable bonds is 1. The molecular weight excluding hydrogens is 193 g/mol. The Morgan fingerprint density at radius 3 is 2.42 bits per heavy atom. The molecule has 0 radical (unpaired) electrons. The van der Waals surface area contributed by atoms with Gasteiger partial charge in [0.05, 0.1) is 6.10 Å². The van der Waals surface area contributed by atoms with E-state index in [1.165, 1.54) is 0 Å². The molecule has 0 aliphatic heterocycles. The van der Waals surface area contributed by atoms with Crippen molar-refractivity contribution in [3.63, 3.8) is 0 Å². The second-order valence-corrected chi connectivity index (χ2v) is 3.57. The fourth-order valence-corrected chi connectivity index (χ4v) is 1.74. The van der Waals surface area contributed by atoms with Crippen LogP contribution in [0, 0.1) is 0 Å². The molecule has 1 rings (SSSR count). The van der Waals surface area contributed by atoms with Gasteiger partial charge in [-0.25, -0.2) is 0 Å². The highest BCUT2D eigenvalue weighted by Crippen LogP contribution is 2.29. The Kier molecular flexibility index (Phi) is 3.23. The lowest BCUT2D eigenvalue weighted by Crippen LogP contribution is -2.29. The fourth-order valence-electron chi connectivity index (χ4n) is 1.38. The molecule has 0 aromatic heterocycles. The minimum Gasteiger partial charge on any atom is -0.289 e. The highest BCUT2D eigenvalue weighted by atomic mass is 35.5. The topological polar surface area (TPSA) is 9.23 Å². The van der Waals surface area contributed by atoms with Crippen molar-refractivity contribution in [3.05, 3.63) is 0 Å². The molecule has 0 heterocycles. The van der Waals surface area contributed by atoms with Crippen LogP contribution in [0.4, 0.5) is 13.2 Å². The number of alkyl halides is 4. The number of hydrogen-bond donors (Lipinski definition) is 0. The minimum atomic E-state index is -4.52. The molecule has 0 bridgehead atoms. The van der Waals surface area contributed by atoms with E-state index >= 15 is 0 Å². The van der Waals surface area contributed by atoms with Gasteiger partial charge in [-0.3, -0.25) is 4.74 Å². The van der Waals surface area contributed by atoms with E-state index in [1.807, 2.05) is 0 Å². The van der Waals surface area contributed by atoms with Crippen molar-refractivity contribution < 1.29 is 17.9 Å². The van der Waals surface area contributed by atoms with Crippen LogP contribution in [0.3, 0.4) is 0 Å². The van der Waals surface area contributed by atoms with Crippen molar-refractivity contribution in [2.24, 2.45) is 0 Å².